The maximum atomic E-state index is 8.06. The van der Waals surface area contributed by atoms with E-state index in [1.807, 2.05) is 0 Å². The van der Waals surface area contributed by atoms with E-state index in [0.29, 0.717) is 5.41 Å². The number of benzene rings is 1. The summed E-state index contributed by atoms with van der Waals surface area (Å²) in [6, 6.07) is 8.51. The Kier molecular flexibility index (Phi) is 7.08. The van der Waals surface area contributed by atoms with Crippen LogP contribution in [-0.2, 0) is 6.42 Å². The summed E-state index contributed by atoms with van der Waals surface area (Å²) in [5, 5.41) is 8.06. The van der Waals surface area contributed by atoms with E-state index in [-0.39, 0.29) is 6.10 Å². The molecule has 2 nitrogen and oxygen atoms in total. The minimum absolute atomic E-state index is 0.167. The third-order valence-electron chi connectivity index (χ3n) is 3.73. The van der Waals surface area contributed by atoms with Crippen LogP contribution in [0.4, 0.5) is 0 Å². The van der Waals surface area contributed by atoms with Crippen LogP contribution in [0.3, 0.4) is 0 Å². The fraction of sp³-hybridized carbons (Fsp3) is 0.667. The minimum Gasteiger partial charge on any atom is -0.493 e. The molecule has 0 bridgehead atoms. The first-order chi connectivity index (χ1) is 9.45. The van der Waals surface area contributed by atoms with Gasteiger partial charge in [-0.1, -0.05) is 38.8 Å². The summed E-state index contributed by atoms with van der Waals surface area (Å²) in [7, 11) is 0. The molecule has 20 heavy (non-hydrogen) atoms. The van der Waals surface area contributed by atoms with Gasteiger partial charge in [-0.15, -0.1) is 0 Å². The summed E-state index contributed by atoms with van der Waals surface area (Å²) >= 11 is 0. The summed E-state index contributed by atoms with van der Waals surface area (Å²) in [4.78, 5) is 0. The summed E-state index contributed by atoms with van der Waals surface area (Å²) in [6.07, 6.45) is 6.31. The molecule has 0 aromatic heterocycles. The number of ether oxygens (including phenoxy) is 1. The maximum absolute atomic E-state index is 8.06. The molecule has 2 heteroatoms. The zero-order valence-electron chi connectivity index (χ0n) is 13.5. The lowest BCUT2D eigenvalue weighted by Crippen LogP contribution is -2.21. The highest BCUT2D eigenvalue weighted by molar-refractivity contribution is 5.27. The molecule has 0 heterocycles. The van der Waals surface area contributed by atoms with Crippen molar-refractivity contribution in [2.75, 3.05) is 6.61 Å². The predicted molar refractivity (Wildman–Crippen MR) is 85.2 cm³/mol. The van der Waals surface area contributed by atoms with Crippen molar-refractivity contribution in [3.8, 4) is 5.75 Å². The molecule has 0 radical (unpaired) electrons. The Morgan fingerprint density at radius 2 is 1.65 bits per heavy atom. The van der Waals surface area contributed by atoms with Crippen LogP contribution >= 0.6 is 0 Å². The molecule has 0 saturated heterocycles. The van der Waals surface area contributed by atoms with Crippen LogP contribution in [0.15, 0.2) is 24.3 Å². The summed E-state index contributed by atoms with van der Waals surface area (Å²) in [6.45, 7) is 8.84. The lowest BCUT2D eigenvalue weighted by atomic mass is 9.90. The van der Waals surface area contributed by atoms with Crippen LogP contribution in [0.5, 0.6) is 5.75 Å². The molecule has 1 N–H and O–H groups in total. The average Bonchev–Trinajstić information content (AvgIpc) is 2.84. The van der Waals surface area contributed by atoms with E-state index in [4.69, 9.17) is 9.84 Å². The van der Waals surface area contributed by atoms with Crippen molar-refractivity contribution in [2.24, 2.45) is 5.41 Å². The van der Waals surface area contributed by atoms with Gasteiger partial charge in [-0.25, -0.2) is 0 Å². The van der Waals surface area contributed by atoms with Crippen LogP contribution in [0.25, 0.3) is 0 Å². The highest BCUT2D eigenvalue weighted by atomic mass is 16.5. The standard InChI is InChI=1S/C15H22O.C3H8O/c1-3-13-6-8-14(9-7-13)16-12-15(2)10-4-5-11-15;1-3(2)4/h6-9H,3-5,10-12H2,1-2H3;3-4H,1-2H3. The predicted octanol–water partition coefficient (Wildman–Crippen LogP) is 4.60. The van der Waals surface area contributed by atoms with Gasteiger partial charge in [-0.3, -0.25) is 0 Å². The van der Waals surface area contributed by atoms with Gasteiger partial charge in [0.05, 0.1) is 6.61 Å². The molecule has 0 unspecified atom stereocenters. The number of hydrogen-bond acceptors (Lipinski definition) is 2. The number of rotatable bonds is 4. The Hall–Kier alpha value is -1.02. The SMILES string of the molecule is CC(C)O.CCc1ccc(OCC2(C)CCCC2)cc1. The second kappa shape index (κ2) is 8.31. The van der Waals surface area contributed by atoms with Gasteiger partial charge in [0.15, 0.2) is 0 Å². The highest BCUT2D eigenvalue weighted by Gasteiger charge is 2.29. The molecule has 0 atom stereocenters. The van der Waals surface area contributed by atoms with Crippen molar-refractivity contribution >= 4 is 0 Å². The van der Waals surface area contributed by atoms with Crippen molar-refractivity contribution in [1.29, 1.82) is 0 Å². The van der Waals surface area contributed by atoms with Gasteiger partial charge in [-0.2, -0.15) is 0 Å². The van der Waals surface area contributed by atoms with E-state index in [0.717, 1.165) is 18.8 Å². The molecule has 1 aromatic carbocycles. The van der Waals surface area contributed by atoms with Crippen LogP contribution in [-0.4, -0.2) is 17.8 Å². The van der Waals surface area contributed by atoms with Crippen LogP contribution in [0.2, 0.25) is 0 Å². The Morgan fingerprint density at radius 3 is 2.10 bits per heavy atom. The molecule has 1 aliphatic carbocycles. The fourth-order valence-electron chi connectivity index (χ4n) is 2.45. The number of aliphatic hydroxyl groups excluding tert-OH is 1. The molecule has 1 aliphatic rings. The van der Waals surface area contributed by atoms with Crippen LogP contribution < -0.4 is 4.74 Å². The van der Waals surface area contributed by atoms with E-state index >= 15 is 0 Å². The Labute approximate surface area is 124 Å². The Bertz CT molecular complexity index is 359. The van der Waals surface area contributed by atoms with Gasteiger partial charge in [0.25, 0.3) is 0 Å². The highest BCUT2D eigenvalue weighted by Crippen LogP contribution is 2.37. The van der Waals surface area contributed by atoms with E-state index < -0.39 is 0 Å². The van der Waals surface area contributed by atoms with E-state index in [1.54, 1.807) is 13.8 Å². The number of aryl methyl sites for hydroxylation is 1. The molecule has 1 saturated carbocycles. The molecule has 114 valence electrons. The number of aliphatic hydroxyl groups is 1. The first-order valence-electron chi connectivity index (χ1n) is 7.85. The molecular formula is C18H30O2. The zero-order chi connectivity index (χ0) is 15.0. The first-order valence-corrected chi connectivity index (χ1v) is 7.85. The monoisotopic (exact) mass is 278 g/mol. The molecule has 0 spiro atoms. The van der Waals surface area contributed by atoms with Crippen molar-refractivity contribution in [3.63, 3.8) is 0 Å². The van der Waals surface area contributed by atoms with Gasteiger partial charge < -0.3 is 9.84 Å². The molecular weight excluding hydrogens is 248 g/mol. The van der Waals surface area contributed by atoms with E-state index in [1.165, 1.54) is 31.2 Å². The second-order valence-corrected chi connectivity index (χ2v) is 6.40. The second-order valence-electron chi connectivity index (χ2n) is 6.40. The summed E-state index contributed by atoms with van der Waals surface area (Å²) < 4.78 is 5.89. The Balaban J connectivity index is 0.000000444. The van der Waals surface area contributed by atoms with E-state index in [2.05, 4.69) is 38.1 Å². The zero-order valence-corrected chi connectivity index (χ0v) is 13.5. The first kappa shape index (κ1) is 17.0. The number of hydrogen-bond donors (Lipinski definition) is 1. The maximum Gasteiger partial charge on any atom is 0.119 e. The minimum atomic E-state index is -0.167. The third kappa shape index (κ3) is 6.42. The summed E-state index contributed by atoms with van der Waals surface area (Å²) in [5.74, 6) is 1.02. The Morgan fingerprint density at radius 1 is 1.15 bits per heavy atom. The van der Waals surface area contributed by atoms with Crippen LogP contribution in [0.1, 0.15) is 58.9 Å². The van der Waals surface area contributed by atoms with Crippen molar-refractivity contribution < 1.29 is 9.84 Å². The molecule has 1 fully saturated rings. The molecule has 1 aromatic rings. The molecule has 0 amide bonds. The summed E-state index contributed by atoms with van der Waals surface area (Å²) in [5.41, 5.74) is 1.79. The van der Waals surface area contributed by atoms with Crippen molar-refractivity contribution in [3.05, 3.63) is 29.8 Å². The molecule has 0 aliphatic heterocycles. The molecule has 2 rings (SSSR count). The van der Waals surface area contributed by atoms with E-state index in [9.17, 15) is 0 Å². The smallest absolute Gasteiger partial charge is 0.119 e. The van der Waals surface area contributed by atoms with Gasteiger partial charge in [0.1, 0.15) is 5.75 Å². The lowest BCUT2D eigenvalue weighted by molar-refractivity contribution is 0.168. The van der Waals surface area contributed by atoms with Gasteiger partial charge in [0, 0.05) is 11.5 Å². The topological polar surface area (TPSA) is 29.5 Å². The third-order valence-corrected chi connectivity index (χ3v) is 3.73. The van der Waals surface area contributed by atoms with Gasteiger partial charge in [0.2, 0.25) is 0 Å². The normalized spacial score (nSPS) is 16.7. The lowest BCUT2D eigenvalue weighted by Gasteiger charge is -2.23. The largest absolute Gasteiger partial charge is 0.493 e. The fourth-order valence-corrected chi connectivity index (χ4v) is 2.45. The van der Waals surface area contributed by atoms with Gasteiger partial charge in [-0.05, 0) is 50.8 Å². The van der Waals surface area contributed by atoms with Crippen molar-refractivity contribution in [2.45, 2.75) is 65.9 Å². The average molecular weight is 278 g/mol. The van der Waals surface area contributed by atoms with Crippen molar-refractivity contribution in [1.82, 2.24) is 0 Å². The quantitative estimate of drug-likeness (QED) is 0.872. The van der Waals surface area contributed by atoms with Crippen LogP contribution in [0, 0.1) is 5.41 Å². The van der Waals surface area contributed by atoms with Gasteiger partial charge >= 0.3 is 0 Å².